The number of aryl methyl sites for hydroxylation is 1. The second-order valence-corrected chi connectivity index (χ2v) is 7.82. The van der Waals surface area contributed by atoms with Gasteiger partial charge in [-0.1, -0.05) is 12.1 Å². The van der Waals surface area contributed by atoms with Gasteiger partial charge in [-0.2, -0.15) is 5.10 Å². The summed E-state index contributed by atoms with van der Waals surface area (Å²) in [4.78, 5) is 29.7. The standard InChI is InChI=1S/C22H28N4O3/c27-21-16-25(22(28)20-10-11-23-24-20)12-4-14-29-19-7-3-5-17(15-19)8-9-18-6-1-2-13-26(18)21/h3,5,7,10-11,15,18H,1-2,4,6,8-9,12-14,16H2,(H,23,24). The van der Waals surface area contributed by atoms with Crippen molar-refractivity contribution in [2.24, 2.45) is 0 Å². The molecule has 0 radical (unpaired) electrons. The van der Waals surface area contributed by atoms with Crippen molar-refractivity contribution in [3.63, 3.8) is 0 Å². The van der Waals surface area contributed by atoms with Crippen LogP contribution in [0.4, 0.5) is 0 Å². The summed E-state index contributed by atoms with van der Waals surface area (Å²) < 4.78 is 5.89. The van der Waals surface area contributed by atoms with E-state index in [1.165, 1.54) is 5.56 Å². The minimum atomic E-state index is -0.196. The molecule has 2 aromatic rings. The summed E-state index contributed by atoms with van der Waals surface area (Å²) in [6, 6.07) is 10.1. The molecule has 3 heterocycles. The van der Waals surface area contributed by atoms with Crippen LogP contribution in [0.25, 0.3) is 0 Å². The Balaban J connectivity index is 1.56. The number of aromatic amines is 1. The van der Waals surface area contributed by atoms with Crippen LogP contribution in [0.15, 0.2) is 36.5 Å². The van der Waals surface area contributed by atoms with Gasteiger partial charge in [-0.25, -0.2) is 0 Å². The molecule has 2 bridgehead atoms. The van der Waals surface area contributed by atoms with Gasteiger partial charge in [0.2, 0.25) is 5.91 Å². The molecule has 1 aromatic heterocycles. The Morgan fingerprint density at radius 2 is 2.07 bits per heavy atom. The van der Waals surface area contributed by atoms with E-state index in [0.29, 0.717) is 25.3 Å². The van der Waals surface area contributed by atoms with E-state index < -0.39 is 0 Å². The van der Waals surface area contributed by atoms with Crippen molar-refractivity contribution in [1.82, 2.24) is 20.0 Å². The first-order valence-electron chi connectivity index (χ1n) is 10.5. The van der Waals surface area contributed by atoms with Gasteiger partial charge in [0.25, 0.3) is 5.91 Å². The Hall–Kier alpha value is -2.83. The maximum atomic E-state index is 13.2. The van der Waals surface area contributed by atoms with Gasteiger partial charge >= 0.3 is 0 Å². The van der Waals surface area contributed by atoms with E-state index in [-0.39, 0.29) is 24.4 Å². The number of carbonyl (C=O) groups is 2. The highest BCUT2D eigenvalue weighted by Gasteiger charge is 2.29. The summed E-state index contributed by atoms with van der Waals surface area (Å²) in [5.74, 6) is 0.704. The molecule has 2 amide bonds. The van der Waals surface area contributed by atoms with Gasteiger partial charge in [-0.05, 0) is 62.3 Å². The van der Waals surface area contributed by atoms with Crippen LogP contribution >= 0.6 is 0 Å². The van der Waals surface area contributed by atoms with E-state index in [4.69, 9.17) is 4.74 Å². The molecule has 0 aliphatic carbocycles. The van der Waals surface area contributed by atoms with Gasteiger partial charge < -0.3 is 14.5 Å². The van der Waals surface area contributed by atoms with Gasteiger partial charge in [-0.15, -0.1) is 0 Å². The fourth-order valence-corrected chi connectivity index (χ4v) is 4.25. The topological polar surface area (TPSA) is 78.5 Å². The van der Waals surface area contributed by atoms with E-state index >= 15 is 0 Å². The summed E-state index contributed by atoms with van der Waals surface area (Å²) in [7, 11) is 0. The lowest BCUT2D eigenvalue weighted by atomic mass is 9.95. The predicted molar refractivity (Wildman–Crippen MR) is 109 cm³/mol. The maximum absolute atomic E-state index is 13.2. The highest BCUT2D eigenvalue weighted by atomic mass is 16.5. The molecule has 29 heavy (non-hydrogen) atoms. The van der Waals surface area contributed by atoms with Crippen molar-refractivity contribution in [3.8, 4) is 5.75 Å². The molecule has 1 atom stereocenters. The van der Waals surface area contributed by atoms with E-state index in [9.17, 15) is 9.59 Å². The number of H-pyrrole nitrogens is 1. The van der Waals surface area contributed by atoms with Crippen LogP contribution in [0.3, 0.4) is 0 Å². The molecule has 4 rings (SSSR count). The van der Waals surface area contributed by atoms with E-state index in [0.717, 1.165) is 44.4 Å². The van der Waals surface area contributed by atoms with Crippen LogP contribution in [-0.4, -0.2) is 64.1 Å². The molecule has 7 heteroatoms. The Kier molecular flexibility index (Phi) is 6.12. The average molecular weight is 396 g/mol. The summed E-state index contributed by atoms with van der Waals surface area (Å²) >= 11 is 0. The molecule has 7 nitrogen and oxygen atoms in total. The third kappa shape index (κ3) is 4.78. The average Bonchev–Trinajstić information content (AvgIpc) is 3.29. The first-order valence-corrected chi connectivity index (χ1v) is 10.5. The Morgan fingerprint density at radius 3 is 2.93 bits per heavy atom. The highest BCUT2D eigenvalue weighted by Crippen LogP contribution is 2.23. The first kappa shape index (κ1) is 19.5. The number of carbonyl (C=O) groups excluding carboxylic acids is 2. The Bertz CT molecular complexity index is 836. The molecule has 1 saturated heterocycles. The van der Waals surface area contributed by atoms with Crippen LogP contribution in [-0.2, 0) is 11.2 Å². The van der Waals surface area contributed by atoms with Crippen molar-refractivity contribution in [1.29, 1.82) is 0 Å². The monoisotopic (exact) mass is 396 g/mol. The zero-order valence-corrected chi connectivity index (χ0v) is 16.7. The lowest BCUT2D eigenvalue weighted by Crippen LogP contribution is -2.49. The number of nitrogens with one attached hydrogen (secondary N) is 1. The number of hydrogen-bond donors (Lipinski definition) is 1. The summed E-state index contributed by atoms with van der Waals surface area (Å²) in [6.07, 6.45) is 7.26. The van der Waals surface area contributed by atoms with Crippen molar-refractivity contribution < 1.29 is 14.3 Å². The molecular weight excluding hydrogens is 368 g/mol. The van der Waals surface area contributed by atoms with Crippen LogP contribution < -0.4 is 4.74 Å². The quantitative estimate of drug-likeness (QED) is 0.804. The van der Waals surface area contributed by atoms with Crippen molar-refractivity contribution in [2.75, 3.05) is 26.2 Å². The van der Waals surface area contributed by atoms with Crippen LogP contribution in [0.1, 0.15) is 48.2 Å². The van der Waals surface area contributed by atoms with Gasteiger partial charge in [0.05, 0.1) is 6.61 Å². The van der Waals surface area contributed by atoms with Crippen LogP contribution in [0.5, 0.6) is 5.75 Å². The number of amides is 2. The zero-order chi connectivity index (χ0) is 20.1. The van der Waals surface area contributed by atoms with Crippen molar-refractivity contribution in [3.05, 3.63) is 47.8 Å². The van der Waals surface area contributed by atoms with Crippen molar-refractivity contribution >= 4 is 11.8 Å². The van der Waals surface area contributed by atoms with Crippen molar-refractivity contribution in [2.45, 2.75) is 44.6 Å². The second-order valence-electron chi connectivity index (χ2n) is 7.82. The highest BCUT2D eigenvalue weighted by molar-refractivity contribution is 5.94. The first-order chi connectivity index (χ1) is 14.2. The fourth-order valence-electron chi connectivity index (χ4n) is 4.25. The number of nitrogens with zero attached hydrogens (tertiary/aromatic N) is 3. The van der Waals surface area contributed by atoms with Crippen LogP contribution in [0, 0.1) is 0 Å². The molecule has 1 fully saturated rings. The summed E-state index contributed by atoms with van der Waals surface area (Å²) in [5, 5.41) is 6.59. The lowest BCUT2D eigenvalue weighted by molar-refractivity contribution is -0.135. The number of rotatable bonds is 1. The van der Waals surface area contributed by atoms with E-state index in [1.807, 2.05) is 17.0 Å². The summed E-state index contributed by atoms with van der Waals surface area (Å²) in [5.41, 5.74) is 1.65. The molecule has 0 spiro atoms. The number of hydrogen-bond acceptors (Lipinski definition) is 4. The third-order valence-corrected chi connectivity index (χ3v) is 5.80. The van der Waals surface area contributed by atoms with Gasteiger partial charge in [0, 0.05) is 25.3 Å². The maximum Gasteiger partial charge on any atom is 0.272 e. The second kappa shape index (κ2) is 9.11. The molecule has 0 saturated carbocycles. The minimum Gasteiger partial charge on any atom is -0.494 e. The minimum absolute atomic E-state index is 0.0364. The van der Waals surface area contributed by atoms with E-state index in [1.54, 1.807) is 17.2 Å². The van der Waals surface area contributed by atoms with Gasteiger partial charge in [-0.3, -0.25) is 14.7 Å². The normalized spacial score (nSPS) is 21.1. The molecule has 1 N–H and O–H groups in total. The Labute approximate surface area is 171 Å². The number of ether oxygens (including phenoxy) is 1. The summed E-state index contributed by atoms with van der Waals surface area (Å²) in [6.45, 7) is 1.83. The Morgan fingerprint density at radius 1 is 1.14 bits per heavy atom. The van der Waals surface area contributed by atoms with Gasteiger partial charge in [0.15, 0.2) is 0 Å². The zero-order valence-electron chi connectivity index (χ0n) is 16.7. The SMILES string of the molecule is O=C(c1ccn[nH]1)N1CCCOc2cccc(c2)CCC2CCCCN2C(=O)C1. The lowest BCUT2D eigenvalue weighted by Gasteiger charge is -2.37. The molecule has 154 valence electrons. The largest absolute Gasteiger partial charge is 0.494 e. The van der Waals surface area contributed by atoms with Crippen LogP contribution in [0.2, 0.25) is 0 Å². The molecule has 2 aliphatic rings. The fraction of sp³-hybridized carbons (Fsp3) is 0.500. The predicted octanol–water partition coefficient (Wildman–Crippen LogP) is 2.65. The number of piperidine rings is 1. The number of fused-ring (bicyclic) bond motifs is 3. The van der Waals surface area contributed by atoms with E-state index in [2.05, 4.69) is 22.3 Å². The third-order valence-electron chi connectivity index (χ3n) is 5.80. The smallest absolute Gasteiger partial charge is 0.272 e. The molecule has 1 unspecified atom stereocenters. The van der Waals surface area contributed by atoms with Gasteiger partial charge in [0.1, 0.15) is 18.0 Å². The molecule has 2 aliphatic heterocycles. The number of aromatic nitrogens is 2. The molecule has 1 aromatic carbocycles. The molecular formula is C22H28N4O3. The number of benzene rings is 1.